The molecule has 2 saturated heterocycles. The van der Waals surface area contributed by atoms with Crippen LogP contribution < -0.4 is 10.6 Å². The fraction of sp³-hybridized carbons (Fsp3) is 0.333. The van der Waals surface area contributed by atoms with Gasteiger partial charge in [-0.2, -0.15) is 0 Å². The van der Waals surface area contributed by atoms with E-state index in [1.165, 1.54) is 24.3 Å². The van der Waals surface area contributed by atoms with Crippen LogP contribution in [0.15, 0.2) is 48.5 Å². The zero-order valence-electron chi connectivity index (χ0n) is 15.8. The molecule has 29 heavy (non-hydrogen) atoms. The van der Waals surface area contributed by atoms with Crippen LogP contribution in [-0.4, -0.2) is 60.5 Å². The van der Waals surface area contributed by atoms with Crippen molar-refractivity contribution in [2.75, 3.05) is 32.7 Å². The smallest absolute Gasteiger partial charge is 0.315 e. The Labute approximate surface area is 167 Å². The molecule has 0 aliphatic carbocycles. The molecule has 0 radical (unpaired) electrons. The van der Waals surface area contributed by atoms with E-state index in [4.69, 9.17) is 0 Å². The third-order valence-corrected chi connectivity index (χ3v) is 5.43. The lowest BCUT2D eigenvalue weighted by Crippen LogP contribution is -2.54. The molecule has 8 heteroatoms. The zero-order chi connectivity index (χ0) is 20.4. The summed E-state index contributed by atoms with van der Waals surface area (Å²) >= 11 is 0. The van der Waals surface area contributed by atoms with Crippen LogP contribution in [0.1, 0.15) is 17.2 Å². The number of rotatable bonds is 4. The molecule has 3 amide bonds. The van der Waals surface area contributed by atoms with Gasteiger partial charge in [0, 0.05) is 32.7 Å². The van der Waals surface area contributed by atoms with Gasteiger partial charge in [0.05, 0.1) is 6.04 Å². The number of nitrogens with zero attached hydrogens (tertiary/aromatic N) is 2. The molecule has 2 fully saturated rings. The lowest BCUT2D eigenvalue weighted by molar-refractivity contribution is -0.134. The average molecular weight is 400 g/mol. The van der Waals surface area contributed by atoms with Gasteiger partial charge in [-0.05, 0) is 35.4 Å². The standard InChI is InChI=1S/C21H22F2N4O2/c22-16-5-1-14(2-6-16)19(15-3-7-17(23)8-4-15)26-9-11-27(12-10-26)20(28)18-13-24-21(29)25-18/h1-8,18-19H,9-13H2,(H2,24,25,29)/t18-/m1/s1. The third-order valence-electron chi connectivity index (χ3n) is 5.43. The number of piperazine rings is 1. The van der Waals surface area contributed by atoms with Gasteiger partial charge in [-0.15, -0.1) is 0 Å². The number of hydrogen-bond donors (Lipinski definition) is 2. The van der Waals surface area contributed by atoms with Gasteiger partial charge in [0.1, 0.15) is 17.7 Å². The molecule has 4 rings (SSSR count). The molecular weight excluding hydrogens is 378 g/mol. The van der Waals surface area contributed by atoms with Gasteiger partial charge in [0.2, 0.25) is 5.91 Å². The van der Waals surface area contributed by atoms with Crippen LogP contribution in [0.4, 0.5) is 13.6 Å². The molecule has 2 aliphatic heterocycles. The first-order valence-electron chi connectivity index (χ1n) is 9.59. The van der Waals surface area contributed by atoms with E-state index >= 15 is 0 Å². The minimum atomic E-state index is -0.529. The van der Waals surface area contributed by atoms with Crippen molar-refractivity contribution in [3.8, 4) is 0 Å². The highest BCUT2D eigenvalue weighted by Crippen LogP contribution is 2.30. The number of halogens is 2. The van der Waals surface area contributed by atoms with E-state index in [1.807, 2.05) is 0 Å². The second-order valence-corrected chi connectivity index (χ2v) is 7.27. The summed E-state index contributed by atoms with van der Waals surface area (Å²) in [5.74, 6) is -0.716. The molecule has 1 atom stereocenters. The number of carbonyl (C=O) groups excluding carboxylic acids is 2. The van der Waals surface area contributed by atoms with Crippen molar-refractivity contribution < 1.29 is 18.4 Å². The summed E-state index contributed by atoms with van der Waals surface area (Å²) < 4.78 is 26.8. The lowest BCUT2D eigenvalue weighted by Gasteiger charge is -2.40. The summed E-state index contributed by atoms with van der Waals surface area (Å²) in [6.07, 6.45) is 0. The molecule has 0 unspecified atom stereocenters. The van der Waals surface area contributed by atoms with Crippen molar-refractivity contribution in [3.05, 3.63) is 71.3 Å². The van der Waals surface area contributed by atoms with Crippen molar-refractivity contribution >= 4 is 11.9 Å². The molecule has 2 aromatic carbocycles. The number of hydrogen-bond acceptors (Lipinski definition) is 3. The van der Waals surface area contributed by atoms with Crippen LogP contribution >= 0.6 is 0 Å². The first-order valence-corrected chi connectivity index (χ1v) is 9.59. The second-order valence-electron chi connectivity index (χ2n) is 7.27. The van der Waals surface area contributed by atoms with E-state index in [-0.39, 0.29) is 29.6 Å². The van der Waals surface area contributed by atoms with E-state index in [2.05, 4.69) is 15.5 Å². The van der Waals surface area contributed by atoms with Crippen LogP contribution in [0, 0.1) is 11.6 Å². The number of nitrogens with one attached hydrogen (secondary N) is 2. The van der Waals surface area contributed by atoms with Gasteiger partial charge in [0.25, 0.3) is 0 Å². The summed E-state index contributed by atoms with van der Waals surface area (Å²) in [6, 6.07) is 11.6. The molecule has 2 aliphatic rings. The van der Waals surface area contributed by atoms with E-state index in [1.54, 1.807) is 29.2 Å². The van der Waals surface area contributed by atoms with Crippen molar-refractivity contribution in [1.82, 2.24) is 20.4 Å². The minimum absolute atomic E-state index is 0.0943. The SMILES string of the molecule is O=C1NC[C@H](C(=O)N2CCN(C(c3ccc(F)cc3)c3ccc(F)cc3)CC2)N1. The Balaban J connectivity index is 1.50. The summed E-state index contributed by atoms with van der Waals surface area (Å²) in [4.78, 5) is 27.9. The van der Waals surface area contributed by atoms with Gasteiger partial charge >= 0.3 is 6.03 Å². The highest BCUT2D eigenvalue weighted by atomic mass is 19.1. The Bertz CT molecular complexity index is 835. The van der Waals surface area contributed by atoms with Gasteiger partial charge in [-0.25, -0.2) is 13.6 Å². The molecular formula is C21H22F2N4O2. The minimum Gasteiger partial charge on any atom is -0.338 e. The maximum Gasteiger partial charge on any atom is 0.315 e. The molecule has 152 valence electrons. The van der Waals surface area contributed by atoms with Crippen molar-refractivity contribution in [2.45, 2.75) is 12.1 Å². The summed E-state index contributed by atoms with van der Waals surface area (Å²) in [7, 11) is 0. The molecule has 6 nitrogen and oxygen atoms in total. The molecule has 0 spiro atoms. The fourth-order valence-corrected chi connectivity index (χ4v) is 3.93. The van der Waals surface area contributed by atoms with Crippen LogP contribution in [0.3, 0.4) is 0 Å². The highest BCUT2D eigenvalue weighted by molar-refractivity contribution is 5.90. The number of carbonyl (C=O) groups is 2. The van der Waals surface area contributed by atoms with E-state index in [0.717, 1.165) is 11.1 Å². The maximum atomic E-state index is 13.4. The van der Waals surface area contributed by atoms with E-state index in [9.17, 15) is 18.4 Å². The first kappa shape index (κ1) is 19.3. The summed E-state index contributed by atoms with van der Waals surface area (Å²) in [5, 5.41) is 5.22. The highest BCUT2D eigenvalue weighted by Gasteiger charge is 2.34. The van der Waals surface area contributed by atoms with Gasteiger partial charge in [0.15, 0.2) is 0 Å². The first-order chi connectivity index (χ1) is 14.0. The molecule has 0 aromatic heterocycles. The Morgan fingerprint density at radius 2 is 1.41 bits per heavy atom. The zero-order valence-corrected chi connectivity index (χ0v) is 15.8. The normalized spacial score (nSPS) is 19.9. The van der Waals surface area contributed by atoms with Crippen LogP contribution in [0.25, 0.3) is 0 Å². The van der Waals surface area contributed by atoms with E-state index in [0.29, 0.717) is 32.7 Å². The predicted molar refractivity (Wildman–Crippen MR) is 103 cm³/mol. The largest absolute Gasteiger partial charge is 0.338 e. The molecule has 2 aromatic rings. The molecule has 2 N–H and O–H groups in total. The van der Waals surface area contributed by atoms with E-state index < -0.39 is 6.04 Å². The predicted octanol–water partition coefficient (Wildman–Crippen LogP) is 1.88. The van der Waals surface area contributed by atoms with Gasteiger partial charge in [-0.1, -0.05) is 24.3 Å². The van der Waals surface area contributed by atoms with Gasteiger partial charge in [-0.3, -0.25) is 9.69 Å². The van der Waals surface area contributed by atoms with Crippen LogP contribution in [-0.2, 0) is 4.79 Å². The Morgan fingerprint density at radius 3 is 1.86 bits per heavy atom. The summed E-state index contributed by atoms with van der Waals surface area (Å²) in [6.45, 7) is 2.55. The molecule has 0 saturated carbocycles. The Hall–Kier alpha value is -3.00. The van der Waals surface area contributed by atoms with Crippen molar-refractivity contribution in [3.63, 3.8) is 0 Å². The second kappa shape index (κ2) is 8.16. The Kier molecular flexibility index (Phi) is 5.44. The van der Waals surface area contributed by atoms with Gasteiger partial charge < -0.3 is 15.5 Å². The van der Waals surface area contributed by atoms with Crippen LogP contribution in [0.5, 0.6) is 0 Å². The molecule has 0 bridgehead atoms. The maximum absolute atomic E-state index is 13.4. The molecule has 2 heterocycles. The topological polar surface area (TPSA) is 64.7 Å². The number of amides is 3. The number of benzene rings is 2. The number of urea groups is 1. The van der Waals surface area contributed by atoms with Crippen molar-refractivity contribution in [2.24, 2.45) is 0 Å². The lowest BCUT2D eigenvalue weighted by atomic mass is 9.96. The Morgan fingerprint density at radius 1 is 0.897 bits per heavy atom. The summed E-state index contributed by atoms with van der Waals surface area (Å²) in [5.41, 5.74) is 1.81. The van der Waals surface area contributed by atoms with Crippen LogP contribution in [0.2, 0.25) is 0 Å². The monoisotopic (exact) mass is 400 g/mol. The quantitative estimate of drug-likeness (QED) is 0.824. The fourth-order valence-electron chi connectivity index (χ4n) is 3.93. The third kappa shape index (κ3) is 4.22. The average Bonchev–Trinajstić information content (AvgIpc) is 3.17. The van der Waals surface area contributed by atoms with Crippen molar-refractivity contribution in [1.29, 1.82) is 0 Å².